The summed E-state index contributed by atoms with van der Waals surface area (Å²) in [6, 6.07) is 1.48. The molecule has 3 saturated heterocycles. The van der Waals surface area contributed by atoms with Gasteiger partial charge in [0.1, 0.15) is 43.2 Å². The Morgan fingerprint density at radius 2 is 1.95 bits per heavy atom. The van der Waals surface area contributed by atoms with Gasteiger partial charge in [-0.15, -0.1) is 9.05 Å². The molecule has 2 bridgehead atoms. The molecule has 8 atom stereocenters. The number of nitrogen functional groups attached to an aromatic ring is 2. The van der Waals surface area contributed by atoms with E-state index < -0.39 is 83.0 Å². The smallest absolute Gasteiger partial charge is 0.383 e. The van der Waals surface area contributed by atoms with Crippen LogP contribution in [-0.2, 0) is 55.5 Å². The van der Waals surface area contributed by atoms with Crippen LogP contribution in [0.25, 0.3) is 22.2 Å². The van der Waals surface area contributed by atoms with E-state index in [1.54, 1.807) is 0 Å². The molecule has 3 fully saturated rings. The van der Waals surface area contributed by atoms with Crippen LogP contribution < -0.4 is 17.0 Å². The Morgan fingerprint density at radius 1 is 1.16 bits per heavy atom. The molecular weight excluding hydrogens is 654 g/mol. The molecule has 0 amide bonds. The summed E-state index contributed by atoms with van der Waals surface area (Å²) in [7, 11) is -3.12. The van der Waals surface area contributed by atoms with Gasteiger partial charge in [0.2, 0.25) is 17.5 Å². The zero-order chi connectivity index (χ0) is 31.0. The summed E-state index contributed by atoms with van der Waals surface area (Å²) < 4.78 is 81.5. The van der Waals surface area contributed by atoms with Crippen molar-refractivity contribution in [1.29, 1.82) is 0 Å². The monoisotopic (exact) mass is 676 g/mol. The molecule has 7 rings (SSSR count). The van der Waals surface area contributed by atoms with Gasteiger partial charge in [-0.25, -0.2) is 23.7 Å². The highest BCUT2D eigenvalue weighted by molar-refractivity contribution is 8.07. The van der Waals surface area contributed by atoms with Crippen LogP contribution in [0, 0.1) is 0 Å². The molecule has 18 nitrogen and oxygen atoms in total. The third-order valence-corrected chi connectivity index (χ3v) is 9.82. The first-order chi connectivity index (χ1) is 20.9. The van der Waals surface area contributed by atoms with E-state index in [2.05, 4.69) is 24.9 Å². The lowest BCUT2D eigenvalue weighted by Crippen LogP contribution is -2.46. The molecule has 0 saturated carbocycles. The van der Waals surface area contributed by atoms with Crippen molar-refractivity contribution in [3.8, 4) is 0 Å². The SMILES string of the molecule is Nc1nc2c(ncn2[C@@]23CO[C@H](CO[P+](=O)O[C@@H]4[C@@H](COP(O)(=S)O2)OC[C@]4(F)n2ccc4c(N)ncnc42)[C@@H]3F)c(=O)[nH]1. The molecule has 23 heteroatoms. The van der Waals surface area contributed by atoms with Crippen molar-refractivity contribution in [2.24, 2.45) is 0 Å². The normalized spacial score (nSPS) is 35.8. The van der Waals surface area contributed by atoms with E-state index in [-0.39, 0.29) is 28.6 Å². The summed E-state index contributed by atoms with van der Waals surface area (Å²) in [6.07, 6.45) is -3.18. The number of H-pyrrole nitrogens is 1. The number of rotatable bonds is 2. The largest absolute Gasteiger partial charge is 0.698 e. The molecular formula is C21H22F2N9O9P2S+. The molecule has 2 unspecified atom stereocenters. The fourth-order valence-electron chi connectivity index (χ4n) is 5.43. The Balaban J connectivity index is 1.26. The number of alkyl halides is 2. The molecule has 7 heterocycles. The number of nitrogens with zero attached hydrogens (tertiary/aromatic N) is 6. The van der Waals surface area contributed by atoms with Crippen molar-refractivity contribution in [3.63, 3.8) is 0 Å². The number of nitrogens with one attached hydrogen (secondary N) is 1. The lowest BCUT2D eigenvalue weighted by Gasteiger charge is -2.34. The van der Waals surface area contributed by atoms with Crippen LogP contribution in [0.15, 0.2) is 29.7 Å². The van der Waals surface area contributed by atoms with E-state index in [0.717, 1.165) is 21.8 Å². The second-order valence-corrected chi connectivity index (χ2v) is 13.8. The summed E-state index contributed by atoms with van der Waals surface area (Å²) in [5.74, 6) is -2.76. The minimum absolute atomic E-state index is 0.0944. The quantitative estimate of drug-likeness (QED) is 0.211. The molecule has 3 aliphatic rings. The maximum atomic E-state index is 16.8. The average molecular weight is 676 g/mol. The van der Waals surface area contributed by atoms with Crippen molar-refractivity contribution in [3.05, 3.63) is 35.3 Å². The summed E-state index contributed by atoms with van der Waals surface area (Å²) in [6.45, 7) is -7.03. The number of hydrogen-bond acceptors (Lipinski definition) is 15. The average Bonchev–Trinajstić information content (AvgIpc) is 3.73. The van der Waals surface area contributed by atoms with Crippen molar-refractivity contribution in [1.82, 2.24) is 34.1 Å². The molecule has 4 aromatic heterocycles. The second kappa shape index (κ2) is 10.5. The van der Waals surface area contributed by atoms with Crippen LogP contribution in [-0.4, -0.2) is 89.9 Å². The van der Waals surface area contributed by atoms with Gasteiger partial charge in [0.15, 0.2) is 23.4 Å². The first-order valence-electron chi connectivity index (χ1n) is 12.7. The lowest BCUT2D eigenvalue weighted by molar-refractivity contribution is -0.0713. The number of imidazole rings is 1. The van der Waals surface area contributed by atoms with Crippen LogP contribution >= 0.6 is 15.0 Å². The molecule has 234 valence electrons. The maximum Gasteiger partial charge on any atom is 0.698 e. The standard InChI is InChI=1S/C21H21F2N9O9P2S/c22-13-10-3-38-42(34)40-14-11(36-5-20(14,23)31-2-1-9-15(24)26-7-27-16(9)31)4-39-43(35,44)41-21(13,6-37-10)32-8-28-12-17(32)29-19(25)30-18(12)33/h1-2,7-8,10-11,13-14H,3-6H2,(H5-,24,25,26,27,29,30,33,35,44)/p+1/t10-,11-,13+,14-,20+,21+,43?/m1/s1. The third-order valence-electron chi connectivity index (χ3n) is 7.50. The number of halogens is 2. The molecule has 0 aliphatic carbocycles. The van der Waals surface area contributed by atoms with E-state index >= 15 is 8.78 Å². The first kappa shape index (κ1) is 29.6. The van der Waals surface area contributed by atoms with E-state index in [1.807, 2.05) is 0 Å². The number of anilines is 2. The summed E-state index contributed by atoms with van der Waals surface area (Å²) in [4.78, 5) is 41.8. The van der Waals surface area contributed by atoms with E-state index in [0.29, 0.717) is 5.39 Å². The van der Waals surface area contributed by atoms with Gasteiger partial charge in [0.05, 0.1) is 24.9 Å². The topological polar surface area (TPSA) is 239 Å². The number of fused-ring (bicyclic) bond motifs is 5. The molecule has 3 aliphatic heterocycles. The van der Waals surface area contributed by atoms with Gasteiger partial charge in [-0.1, -0.05) is 0 Å². The number of aromatic amines is 1. The maximum absolute atomic E-state index is 16.8. The Bertz CT molecular complexity index is 1910. The Morgan fingerprint density at radius 3 is 2.77 bits per heavy atom. The fourth-order valence-corrected chi connectivity index (χ4v) is 7.84. The highest BCUT2D eigenvalue weighted by Crippen LogP contribution is 2.55. The Labute approximate surface area is 249 Å². The van der Waals surface area contributed by atoms with Crippen LogP contribution in [0.5, 0.6) is 0 Å². The summed E-state index contributed by atoms with van der Waals surface area (Å²) in [5.41, 5.74) is 8.23. The predicted molar refractivity (Wildman–Crippen MR) is 148 cm³/mol. The van der Waals surface area contributed by atoms with Crippen LogP contribution in [0.2, 0.25) is 0 Å². The van der Waals surface area contributed by atoms with Gasteiger partial charge in [-0.3, -0.25) is 23.4 Å². The van der Waals surface area contributed by atoms with Gasteiger partial charge >= 0.3 is 15.0 Å². The Hall–Kier alpha value is -3.10. The van der Waals surface area contributed by atoms with Crippen LogP contribution in [0.3, 0.4) is 0 Å². The van der Waals surface area contributed by atoms with Gasteiger partial charge in [0.25, 0.3) is 5.56 Å². The number of aromatic nitrogens is 7. The minimum atomic E-state index is -4.45. The van der Waals surface area contributed by atoms with Crippen molar-refractivity contribution < 1.29 is 45.8 Å². The highest BCUT2D eigenvalue weighted by Gasteiger charge is 2.61. The number of hydrogen-bond donors (Lipinski definition) is 4. The van der Waals surface area contributed by atoms with E-state index in [9.17, 15) is 14.3 Å². The molecule has 0 spiro atoms. The lowest BCUT2D eigenvalue weighted by atomic mass is 10.1. The molecule has 0 aromatic carbocycles. The summed E-state index contributed by atoms with van der Waals surface area (Å²) in [5, 5.41) is 0.339. The van der Waals surface area contributed by atoms with Gasteiger partial charge in [0, 0.05) is 10.8 Å². The summed E-state index contributed by atoms with van der Waals surface area (Å²) >= 11 is 5.23. The molecule has 44 heavy (non-hydrogen) atoms. The number of nitrogens with two attached hydrogens (primary N) is 2. The van der Waals surface area contributed by atoms with E-state index in [1.165, 1.54) is 12.3 Å². The molecule has 4 aromatic rings. The Kier molecular flexibility index (Phi) is 7.05. The van der Waals surface area contributed by atoms with Gasteiger partial charge in [-0.05, 0) is 17.9 Å². The zero-order valence-electron chi connectivity index (χ0n) is 22.1. The third kappa shape index (κ3) is 4.63. The predicted octanol–water partition coefficient (Wildman–Crippen LogP) is 0.462. The van der Waals surface area contributed by atoms with E-state index in [4.69, 9.17) is 50.8 Å². The zero-order valence-corrected chi connectivity index (χ0v) is 24.7. The second-order valence-electron chi connectivity index (χ2n) is 10.1. The van der Waals surface area contributed by atoms with Crippen molar-refractivity contribution in [2.45, 2.75) is 36.0 Å². The highest BCUT2D eigenvalue weighted by atomic mass is 32.5. The van der Waals surface area contributed by atoms with Gasteiger partial charge < -0.3 is 30.4 Å². The molecule has 6 N–H and O–H groups in total. The fraction of sp³-hybridized carbons (Fsp3) is 0.476. The number of ether oxygens (including phenoxy) is 2. The van der Waals surface area contributed by atoms with Crippen LogP contribution in [0.1, 0.15) is 0 Å². The van der Waals surface area contributed by atoms with Crippen molar-refractivity contribution >= 4 is 60.7 Å². The van der Waals surface area contributed by atoms with Crippen molar-refractivity contribution in [2.75, 3.05) is 37.9 Å². The van der Waals surface area contributed by atoms with Gasteiger partial charge in [-0.2, -0.15) is 4.98 Å². The first-order valence-corrected chi connectivity index (χ1v) is 16.4. The molecule has 0 radical (unpaired) electrons. The van der Waals surface area contributed by atoms with Crippen LogP contribution in [0.4, 0.5) is 20.5 Å². The minimum Gasteiger partial charge on any atom is -0.383 e.